The lowest BCUT2D eigenvalue weighted by atomic mass is 9.95. The van der Waals surface area contributed by atoms with Crippen LogP contribution in [0.1, 0.15) is 25.5 Å². The van der Waals surface area contributed by atoms with Gasteiger partial charge < -0.3 is 19.4 Å². The Morgan fingerprint density at radius 2 is 2.08 bits per heavy atom. The third-order valence-electron chi connectivity index (χ3n) is 4.02. The van der Waals surface area contributed by atoms with Crippen LogP contribution < -0.4 is 14.8 Å². The van der Waals surface area contributed by atoms with E-state index in [9.17, 15) is 4.79 Å². The quantitative estimate of drug-likeness (QED) is 0.802. The number of hydrogen-bond acceptors (Lipinski definition) is 5. The molecule has 0 aliphatic carbocycles. The summed E-state index contributed by atoms with van der Waals surface area (Å²) in [4.78, 5) is 16.6. The van der Waals surface area contributed by atoms with Gasteiger partial charge in [-0.1, -0.05) is 31.7 Å². The Kier molecular flexibility index (Phi) is 5.53. The van der Waals surface area contributed by atoms with Gasteiger partial charge in [-0.3, -0.25) is 4.79 Å². The fourth-order valence-electron chi connectivity index (χ4n) is 2.72. The van der Waals surface area contributed by atoms with E-state index in [0.717, 1.165) is 22.2 Å². The zero-order valence-corrected chi connectivity index (χ0v) is 15.5. The first kappa shape index (κ1) is 17.7. The van der Waals surface area contributed by atoms with Crippen LogP contribution in [0.15, 0.2) is 35.7 Å². The minimum atomic E-state index is -0.0784. The summed E-state index contributed by atoms with van der Waals surface area (Å²) < 4.78 is 13.1. The van der Waals surface area contributed by atoms with E-state index in [1.54, 1.807) is 6.20 Å². The van der Waals surface area contributed by atoms with Crippen molar-refractivity contribution in [3.63, 3.8) is 0 Å². The van der Waals surface area contributed by atoms with E-state index in [2.05, 4.69) is 24.1 Å². The van der Waals surface area contributed by atoms with E-state index in [0.29, 0.717) is 19.0 Å². The average molecular weight is 361 g/mol. The van der Waals surface area contributed by atoms with Crippen molar-refractivity contribution in [1.29, 1.82) is 0 Å². The van der Waals surface area contributed by atoms with Gasteiger partial charge in [-0.05, 0) is 23.6 Å². The van der Waals surface area contributed by atoms with Gasteiger partial charge in [0, 0.05) is 19.4 Å². The van der Waals surface area contributed by atoms with Crippen molar-refractivity contribution in [1.82, 2.24) is 14.9 Å². The molecule has 1 atom stereocenters. The lowest BCUT2D eigenvalue weighted by Crippen LogP contribution is -2.33. The molecule has 1 amide bonds. The average Bonchev–Trinajstić information content (AvgIpc) is 3.02. The zero-order valence-electron chi connectivity index (χ0n) is 14.7. The Hall–Kier alpha value is -2.15. The standard InChI is InChI=1S/C18H23N3O3S/c1-12(2)17(13-4-5-14-15(10-13)24-9-8-23-14)20-16(22)11-25-18-19-6-7-21(18)3/h4-7,10,12,17H,8-9,11H2,1-3H3,(H,20,22)/t17-/m1/s1. The summed E-state index contributed by atoms with van der Waals surface area (Å²) in [6.07, 6.45) is 3.60. The summed E-state index contributed by atoms with van der Waals surface area (Å²) in [5, 5.41) is 3.96. The van der Waals surface area contributed by atoms with Gasteiger partial charge in [0.1, 0.15) is 13.2 Å². The molecule has 134 valence electrons. The van der Waals surface area contributed by atoms with E-state index in [1.165, 1.54) is 11.8 Å². The molecule has 0 saturated carbocycles. The third-order valence-corrected chi connectivity index (χ3v) is 5.08. The minimum absolute atomic E-state index is 0.0124. The van der Waals surface area contributed by atoms with Crippen LogP contribution in [0.25, 0.3) is 0 Å². The van der Waals surface area contributed by atoms with E-state index in [-0.39, 0.29) is 17.9 Å². The molecule has 1 aromatic carbocycles. The Labute approximate surface area is 151 Å². The second-order valence-electron chi connectivity index (χ2n) is 6.30. The number of aryl methyl sites for hydroxylation is 1. The van der Waals surface area contributed by atoms with Gasteiger partial charge in [0.05, 0.1) is 11.8 Å². The van der Waals surface area contributed by atoms with Crippen molar-refractivity contribution < 1.29 is 14.3 Å². The molecule has 0 radical (unpaired) electrons. The summed E-state index contributed by atoms with van der Waals surface area (Å²) in [6, 6.07) is 5.79. The summed E-state index contributed by atoms with van der Waals surface area (Å²) in [7, 11) is 1.92. The van der Waals surface area contributed by atoms with E-state index < -0.39 is 0 Å². The van der Waals surface area contributed by atoms with Gasteiger partial charge >= 0.3 is 0 Å². The smallest absolute Gasteiger partial charge is 0.230 e. The van der Waals surface area contributed by atoms with Crippen molar-refractivity contribution in [2.45, 2.75) is 25.0 Å². The molecule has 7 heteroatoms. The van der Waals surface area contributed by atoms with Gasteiger partial charge in [-0.15, -0.1) is 0 Å². The highest BCUT2D eigenvalue weighted by atomic mass is 32.2. The molecule has 0 saturated heterocycles. The molecule has 1 aliphatic heterocycles. The highest BCUT2D eigenvalue weighted by Gasteiger charge is 2.21. The van der Waals surface area contributed by atoms with Crippen LogP contribution in [0.4, 0.5) is 0 Å². The first-order valence-corrected chi connectivity index (χ1v) is 9.32. The predicted molar refractivity (Wildman–Crippen MR) is 97.1 cm³/mol. The van der Waals surface area contributed by atoms with Crippen LogP contribution in [0.2, 0.25) is 0 Å². The molecular weight excluding hydrogens is 338 g/mol. The molecule has 6 nitrogen and oxygen atoms in total. The maximum Gasteiger partial charge on any atom is 0.230 e. The molecule has 2 heterocycles. The monoisotopic (exact) mass is 361 g/mol. The molecule has 2 aromatic rings. The van der Waals surface area contributed by atoms with Crippen molar-refractivity contribution in [3.8, 4) is 11.5 Å². The Morgan fingerprint density at radius 1 is 1.32 bits per heavy atom. The number of amides is 1. The molecule has 0 spiro atoms. The molecule has 25 heavy (non-hydrogen) atoms. The van der Waals surface area contributed by atoms with Gasteiger partial charge in [0.25, 0.3) is 0 Å². The van der Waals surface area contributed by atoms with E-state index in [1.807, 2.05) is 36.0 Å². The third kappa shape index (κ3) is 4.28. The van der Waals surface area contributed by atoms with E-state index >= 15 is 0 Å². The van der Waals surface area contributed by atoms with Gasteiger partial charge in [0.15, 0.2) is 16.7 Å². The highest BCUT2D eigenvalue weighted by Crippen LogP contribution is 2.34. The SMILES string of the molecule is CC(C)[C@@H](NC(=O)CSc1nccn1C)c1ccc2c(c1)OCCO2. The second-order valence-corrected chi connectivity index (χ2v) is 7.24. The largest absolute Gasteiger partial charge is 0.486 e. The number of carbonyl (C=O) groups is 1. The number of nitrogens with one attached hydrogen (secondary N) is 1. The van der Waals surface area contributed by atoms with Crippen LogP contribution in [0.5, 0.6) is 11.5 Å². The first-order valence-electron chi connectivity index (χ1n) is 8.33. The Balaban J connectivity index is 1.66. The van der Waals surface area contributed by atoms with Gasteiger partial charge in [-0.25, -0.2) is 4.98 Å². The van der Waals surface area contributed by atoms with Crippen molar-refractivity contribution in [3.05, 3.63) is 36.2 Å². The van der Waals surface area contributed by atoms with E-state index in [4.69, 9.17) is 9.47 Å². The number of thioether (sulfide) groups is 1. The molecule has 0 unspecified atom stereocenters. The maximum atomic E-state index is 12.4. The molecule has 1 aromatic heterocycles. The van der Waals surface area contributed by atoms with Gasteiger partial charge in [0.2, 0.25) is 5.91 Å². The number of nitrogens with zero attached hydrogens (tertiary/aromatic N) is 2. The Bertz CT molecular complexity index is 745. The fourth-order valence-corrected chi connectivity index (χ4v) is 3.47. The van der Waals surface area contributed by atoms with Gasteiger partial charge in [-0.2, -0.15) is 0 Å². The number of aromatic nitrogens is 2. The second kappa shape index (κ2) is 7.82. The summed E-state index contributed by atoms with van der Waals surface area (Å²) in [6.45, 7) is 5.30. The Morgan fingerprint density at radius 3 is 2.76 bits per heavy atom. The number of imidazole rings is 1. The number of fused-ring (bicyclic) bond motifs is 1. The fraction of sp³-hybridized carbons (Fsp3) is 0.444. The maximum absolute atomic E-state index is 12.4. The molecular formula is C18H23N3O3S. The molecule has 0 bridgehead atoms. The lowest BCUT2D eigenvalue weighted by molar-refractivity contribution is -0.119. The number of carbonyl (C=O) groups excluding carboxylic acids is 1. The summed E-state index contributed by atoms with van der Waals surface area (Å²) in [5.41, 5.74) is 1.02. The van der Waals surface area contributed by atoms with Crippen molar-refractivity contribution in [2.24, 2.45) is 13.0 Å². The molecule has 3 rings (SSSR count). The highest BCUT2D eigenvalue weighted by molar-refractivity contribution is 7.99. The predicted octanol–water partition coefficient (Wildman–Crippen LogP) is 2.80. The van der Waals surface area contributed by atoms with Crippen molar-refractivity contribution >= 4 is 17.7 Å². The molecule has 1 aliphatic rings. The topological polar surface area (TPSA) is 65.4 Å². The number of ether oxygens (including phenoxy) is 2. The molecule has 1 N–H and O–H groups in total. The van der Waals surface area contributed by atoms with Crippen molar-refractivity contribution in [2.75, 3.05) is 19.0 Å². The number of hydrogen-bond donors (Lipinski definition) is 1. The van der Waals surface area contributed by atoms with Crippen LogP contribution in [-0.2, 0) is 11.8 Å². The lowest BCUT2D eigenvalue weighted by Gasteiger charge is -2.25. The number of benzene rings is 1. The van der Waals surface area contributed by atoms with Crippen LogP contribution in [0.3, 0.4) is 0 Å². The number of rotatable bonds is 6. The zero-order chi connectivity index (χ0) is 17.8. The normalized spacial score (nSPS) is 14.4. The van der Waals surface area contributed by atoms with Crippen LogP contribution >= 0.6 is 11.8 Å². The van der Waals surface area contributed by atoms with Crippen LogP contribution in [-0.4, -0.2) is 34.4 Å². The molecule has 0 fully saturated rings. The minimum Gasteiger partial charge on any atom is -0.486 e. The van der Waals surface area contributed by atoms with Crippen LogP contribution in [0, 0.1) is 5.92 Å². The first-order chi connectivity index (χ1) is 12.0. The summed E-state index contributed by atoms with van der Waals surface area (Å²) >= 11 is 1.43. The summed E-state index contributed by atoms with van der Waals surface area (Å²) in [5.74, 6) is 2.07.